The van der Waals surface area contributed by atoms with Gasteiger partial charge in [0.2, 0.25) is 0 Å². The molecule has 13 heavy (non-hydrogen) atoms. The van der Waals surface area contributed by atoms with E-state index in [9.17, 15) is 0 Å². The summed E-state index contributed by atoms with van der Waals surface area (Å²) < 4.78 is 0. The van der Waals surface area contributed by atoms with Crippen molar-refractivity contribution in [3.8, 4) is 0 Å². The number of hydrogen-bond acceptors (Lipinski definition) is 2. The lowest BCUT2D eigenvalue weighted by atomic mass is 10.4. The number of rotatable bonds is 1. The second-order valence-corrected chi connectivity index (χ2v) is 4.13. The van der Waals surface area contributed by atoms with Gasteiger partial charge in [0.05, 0.1) is 0 Å². The maximum absolute atomic E-state index is 5.04. The summed E-state index contributed by atoms with van der Waals surface area (Å²) in [7, 11) is 3.95. The number of alkyl halides is 2. The van der Waals surface area contributed by atoms with Crippen molar-refractivity contribution in [3.05, 3.63) is 24.4 Å². The summed E-state index contributed by atoms with van der Waals surface area (Å²) in [6, 6.07) is 5.86. The summed E-state index contributed by atoms with van der Waals surface area (Å²) in [5, 5.41) is 0. The van der Waals surface area contributed by atoms with Crippen molar-refractivity contribution in [1.29, 1.82) is 0 Å². The van der Waals surface area contributed by atoms with Gasteiger partial charge in [-0.3, -0.25) is 0 Å². The van der Waals surface area contributed by atoms with Crippen LogP contribution in [0, 0.1) is 0 Å². The van der Waals surface area contributed by atoms with Gasteiger partial charge in [-0.05, 0) is 19.1 Å². The fourth-order valence-corrected chi connectivity index (χ4v) is 0.618. The molecule has 0 saturated carbocycles. The molecule has 1 rings (SSSR count). The first-order valence-electron chi connectivity index (χ1n) is 3.90. The van der Waals surface area contributed by atoms with Crippen molar-refractivity contribution in [1.82, 2.24) is 4.98 Å². The van der Waals surface area contributed by atoms with E-state index in [1.54, 1.807) is 13.1 Å². The zero-order valence-electron chi connectivity index (χ0n) is 8.04. The van der Waals surface area contributed by atoms with Gasteiger partial charge in [0.15, 0.2) is 0 Å². The summed E-state index contributed by atoms with van der Waals surface area (Å²) in [6.07, 6.45) is 1.79. The molecule has 1 aromatic rings. The van der Waals surface area contributed by atoms with Crippen LogP contribution in [0.2, 0.25) is 0 Å². The smallest absolute Gasteiger partial charge is 0.127 e. The molecular weight excluding hydrogens is 207 g/mol. The molecule has 0 atom stereocenters. The Hall–Kier alpha value is -0.470. The van der Waals surface area contributed by atoms with Crippen LogP contribution in [0.3, 0.4) is 0 Å². The minimum absolute atomic E-state index is 0.222. The van der Waals surface area contributed by atoms with E-state index >= 15 is 0 Å². The number of nitrogens with zero attached hydrogens (tertiary/aromatic N) is 2. The Kier molecular flexibility index (Phi) is 6.73. The van der Waals surface area contributed by atoms with Crippen LogP contribution in [0.5, 0.6) is 0 Å². The van der Waals surface area contributed by atoms with E-state index in [1.807, 2.05) is 37.2 Å². The highest BCUT2D eigenvalue weighted by atomic mass is 35.5. The van der Waals surface area contributed by atoms with E-state index in [0.29, 0.717) is 0 Å². The molecule has 0 N–H and O–H groups in total. The Morgan fingerprint density at radius 3 is 2.08 bits per heavy atom. The first-order chi connectivity index (χ1) is 6.04. The Morgan fingerprint density at radius 1 is 1.31 bits per heavy atom. The van der Waals surface area contributed by atoms with Crippen LogP contribution in [-0.2, 0) is 0 Å². The molecule has 0 aliphatic carbocycles. The molecule has 4 heteroatoms. The molecule has 0 aromatic carbocycles. The number of halogens is 2. The lowest BCUT2D eigenvalue weighted by molar-refractivity contribution is 1.07. The number of pyridine rings is 1. The van der Waals surface area contributed by atoms with Crippen LogP contribution in [0.4, 0.5) is 5.82 Å². The summed E-state index contributed by atoms with van der Waals surface area (Å²) in [5.41, 5.74) is 0. The molecule has 1 heterocycles. The lowest BCUT2D eigenvalue weighted by Gasteiger charge is -2.08. The largest absolute Gasteiger partial charge is 0.363 e. The van der Waals surface area contributed by atoms with Crippen LogP contribution < -0.4 is 4.90 Å². The molecule has 1 aromatic heterocycles. The van der Waals surface area contributed by atoms with Crippen LogP contribution in [0.15, 0.2) is 24.4 Å². The van der Waals surface area contributed by atoms with E-state index in [1.165, 1.54) is 0 Å². The summed E-state index contributed by atoms with van der Waals surface area (Å²) in [6.45, 7) is 1.70. The monoisotopic (exact) mass is 220 g/mol. The molecule has 0 aliphatic heterocycles. The Labute approximate surface area is 89.5 Å². The minimum atomic E-state index is -0.222. The fourth-order valence-electron chi connectivity index (χ4n) is 0.618. The van der Waals surface area contributed by atoms with Gasteiger partial charge < -0.3 is 4.90 Å². The van der Waals surface area contributed by atoms with Crippen LogP contribution >= 0.6 is 23.2 Å². The van der Waals surface area contributed by atoms with Gasteiger partial charge in [-0.1, -0.05) is 6.07 Å². The van der Waals surface area contributed by atoms with Gasteiger partial charge in [0, 0.05) is 20.3 Å². The fraction of sp³-hybridized carbons (Fsp3) is 0.444. The van der Waals surface area contributed by atoms with Crippen molar-refractivity contribution in [2.75, 3.05) is 19.0 Å². The molecular formula is C9H14Cl2N2. The normalized spacial score (nSPS) is 9.08. The van der Waals surface area contributed by atoms with E-state index in [4.69, 9.17) is 23.2 Å². The van der Waals surface area contributed by atoms with Gasteiger partial charge in [0.1, 0.15) is 10.7 Å². The minimum Gasteiger partial charge on any atom is -0.363 e. The molecule has 2 nitrogen and oxygen atoms in total. The van der Waals surface area contributed by atoms with E-state index in [2.05, 4.69) is 4.98 Å². The molecule has 0 spiro atoms. The molecule has 0 unspecified atom stereocenters. The molecule has 0 aliphatic rings. The van der Waals surface area contributed by atoms with Crippen LogP contribution in [0.25, 0.3) is 0 Å². The van der Waals surface area contributed by atoms with Crippen molar-refractivity contribution >= 4 is 29.0 Å². The van der Waals surface area contributed by atoms with Gasteiger partial charge >= 0.3 is 0 Å². The third kappa shape index (κ3) is 7.88. The number of aromatic nitrogens is 1. The molecule has 0 saturated heterocycles. The van der Waals surface area contributed by atoms with Gasteiger partial charge in [-0.15, -0.1) is 23.2 Å². The third-order valence-electron chi connectivity index (χ3n) is 1.11. The SMILES string of the molecule is CC(Cl)Cl.CN(C)c1ccccn1. The van der Waals surface area contributed by atoms with E-state index in [-0.39, 0.29) is 4.84 Å². The van der Waals surface area contributed by atoms with Gasteiger partial charge in [-0.25, -0.2) is 4.98 Å². The van der Waals surface area contributed by atoms with Crippen molar-refractivity contribution in [3.63, 3.8) is 0 Å². The van der Waals surface area contributed by atoms with Crippen molar-refractivity contribution in [2.24, 2.45) is 0 Å². The maximum Gasteiger partial charge on any atom is 0.127 e. The van der Waals surface area contributed by atoms with E-state index in [0.717, 1.165) is 5.82 Å². The first-order valence-corrected chi connectivity index (χ1v) is 4.78. The average Bonchev–Trinajstić information content (AvgIpc) is 2.05. The zero-order chi connectivity index (χ0) is 10.3. The van der Waals surface area contributed by atoms with Crippen molar-refractivity contribution in [2.45, 2.75) is 11.8 Å². The quantitative estimate of drug-likeness (QED) is 0.677. The van der Waals surface area contributed by atoms with Gasteiger partial charge in [0.25, 0.3) is 0 Å². The summed E-state index contributed by atoms with van der Waals surface area (Å²) in [4.78, 5) is 5.85. The molecule has 0 bridgehead atoms. The van der Waals surface area contributed by atoms with E-state index < -0.39 is 0 Å². The predicted molar refractivity (Wildman–Crippen MR) is 59.7 cm³/mol. The number of anilines is 1. The summed E-state index contributed by atoms with van der Waals surface area (Å²) >= 11 is 10.1. The molecule has 0 amide bonds. The maximum atomic E-state index is 5.04. The summed E-state index contributed by atoms with van der Waals surface area (Å²) in [5.74, 6) is 0.998. The lowest BCUT2D eigenvalue weighted by Crippen LogP contribution is -2.09. The Balaban J connectivity index is 0.000000310. The Morgan fingerprint density at radius 2 is 1.85 bits per heavy atom. The predicted octanol–water partition coefficient (Wildman–Crippen LogP) is 2.96. The molecule has 74 valence electrons. The zero-order valence-corrected chi connectivity index (χ0v) is 9.55. The van der Waals surface area contributed by atoms with Crippen molar-refractivity contribution < 1.29 is 0 Å². The highest BCUT2D eigenvalue weighted by molar-refractivity contribution is 6.43. The topological polar surface area (TPSA) is 16.1 Å². The standard InChI is InChI=1S/C7H10N2.C2H4Cl2/c1-9(2)7-5-3-4-6-8-7;1-2(3)4/h3-6H,1-2H3;2H,1H3. The van der Waals surface area contributed by atoms with Crippen LogP contribution in [-0.4, -0.2) is 23.9 Å². The highest BCUT2D eigenvalue weighted by Crippen LogP contribution is 2.02. The average molecular weight is 221 g/mol. The third-order valence-corrected chi connectivity index (χ3v) is 1.11. The molecule has 0 radical (unpaired) electrons. The Bertz CT molecular complexity index is 209. The second kappa shape index (κ2) is 6.98. The number of hydrogen-bond donors (Lipinski definition) is 0. The van der Waals surface area contributed by atoms with Crippen LogP contribution in [0.1, 0.15) is 6.92 Å². The van der Waals surface area contributed by atoms with Gasteiger partial charge in [-0.2, -0.15) is 0 Å². The second-order valence-electron chi connectivity index (χ2n) is 2.60. The highest BCUT2D eigenvalue weighted by Gasteiger charge is 1.89. The first kappa shape index (κ1) is 12.5. The molecule has 0 fully saturated rings.